The Kier molecular flexibility index (Phi) is 3.67. The molecule has 1 aliphatic carbocycles. The number of hydrogen-bond acceptors (Lipinski definition) is 6. The number of hydrogen-bond donors (Lipinski definition) is 3. The van der Waals surface area contributed by atoms with Gasteiger partial charge in [0.15, 0.2) is 0 Å². The first-order valence-electron chi connectivity index (χ1n) is 9.57. The lowest BCUT2D eigenvalue weighted by atomic mass is 10.1. The first-order chi connectivity index (χ1) is 13.9. The lowest BCUT2D eigenvalue weighted by molar-refractivity contribution is 0.0920. The highest BCUT2D eigenvalue weighted by Gasteiger charge is 2.46. The van der Waals surface area contributed by atoms with Crippen molar-refractivity contribution in [3.05, 3.63) is 45.3 Å². The predicted molar refractivity (Wildman–Crippen MR) is 102 cm³/mol. The number of aryl methyl sites for hydroxylation is 1. The fraction of sp³-hybridized carbons (Fsp3) is 0.421. The van der Waals surface area contributed by atoms with Gasteiger partial charge in [0.05, 0.1) is 18.8 Å². The molecule has 0 atom stereocenters. The standard InChI is InChI=1S/C19H20N6O4/c1-10-6-12(17(27)25-14(10)16(26)23-19(25)4-2-3-5-19)22-15-11-7-24(18(28)29)8-13(11)20-9-21-15/h6,9H,2-5,7-8H2,1H3,(H,23,26)(H,28,29)(H,20,21,22). The molecule has 0 radical (unpaired) electrons. The summed E-state index contributed by atoms with van der Waals surface area (Å²) >= 11 is 0. The van der Waals surface area contributed by atoms with Crippen LogP contribution < -0.4 is 16.2 Å². The summed E-state index contributed by atoms with van der Waals surface area (Å²) in [6, 6.07) is 1.65. The molecule has 150 valence electrons. The van der Waals surface area contributed by atoms with Crippen molar-refractivity contribution in [3.8, 4) is 0 Å². The van der Waals surface area contributed by atoms with Crippen LogP contribution in [0.2, 0.25) is 0 Å². The van der Waals surface area contributed by atoms with Crippen LogP contribution in [-0.2, 0) is 18.8 Å². The summed E-state index contributed by atoms with van der Waals surface area (Å²) in [6.07, 6.45) is 3.68. The van der Waals surface area contributed by atoms with Gasteiger partial charge in [-0.1, -0.05) is 0 Å². The van der Waals surface area contributed by atoms with E-state index in [4.69, 9.17) is 0 Å². The van der Waals surface area contributed by atoms with Gasteiger partial charge < -0.3 is 15.7 Å². The Balaban J connectivity index is 1.58. The number of amides is 2. The summed E-state index contributed by atoms with van der Waals surface area (Å²) in [6.45, 7) is 2.15. The zero-order valence-electron chi connectivity index (χ0n) is 15.9. The van der Waals surface area contributed by atoms with Gasteiger partial charge in [-0.25, -0.2) is 14.8 Å². The summed E-state index contributed by atoms with van der Waals surface area (Å²) in [5.41, 5.74) is 1.75. The van der Waals surface area contributed by atoms with Gasteiger partial charge in [-0.15, -0.1) is 0 Å². The number of fused-ring (bicyclic) bond motifs is 3. The Morgan fingerprint density at radius 2 is 2.00 bits per heavy atom. The van der Waals surface area contributed by atoms with Crippen molar-refractivity contribution in [2.75, 3.05) is 5.32 Å². The van der Waals surface area contributed by atoms with Gasteiger partial charge in [0.25, 0.3) is 11.5 Å². The molecule has 1 spiro atoms. The third-order valence-electron chi connectivity index (χ3n) is 6.06. The van der Waals surface area contributed by atoms with Crippen LogP contribution in [0.15, 0.2) is 17.2 Å². The number of aromatic nitrogens is 3. The van der Waals surface area contributed by atoms with Crippen molar-refractivity contribution >= 4 is 23.5 Å². The minimum atomic E-state index is -1.03. The second kappa shape index (κ2) is 6.03. The second-order valence-corrected chi connectivity index (χ2v) is 7.83. The van der Waals surface area contributed by atoms with Crippen molar-refractivity contribution in [2.45, 2.75) is 51.4 Å². The van der Waals surface area contributed by atoms with Gasteiger partial charge >= 0.3 is 6.09 Å². The van der Waals surface area contributed by atoms with Crippen LogP contribution >= 0.6 is 0 Å². The Morgan fingerprint density at radius 3 is 2.72 bits per heavy atom. The molecule has 2 aromatic rings. The maximum atomic E-state index is 13.4. The molecule has 0 aromatic carbocycles. The van der Waals surface area contributed by atoms with Crippen molar-refractivity contribution in [1.82, 2.24) is 24.8 Å². The minimum Gasteiger partial charge on any atom is -0.465 e. The number of rotatable bonds is 2. The molecule has 10 nitrogen and oxygen atoms in total. The van der Waals surface area contributed by atoms with Gasteiger partial charge in [0, 0.05) is 5.56 Å². The summed E-state index contributed by atoms with van der Waals surface area (Å²) in [4.78, 5) is 46.9. The van der Waals surface area contributed by atoms with E-state index in [9.17, 15) is 19.5 Å². The quantitative estimate of drug-likeness (QED) is 0.704. The molecule has 2 aromatic heterocycles. The average Bonchev–Trinajstić information content (AvgIpc) is 3.38. The fourth-order valence-electron chi connectivity index (χ4n) is 4.71. The molecule has 2 amide bonds. The summed E-state index contributed by atoms with van der Waals surface area (Å²) in [5.74, 6) is 0.196. The summed E-state index contributed by atoms with van der Waals surface area (Å²) < 4.78 is 1.60. The highest BCUT2D eigenvalue weighted by Crippen LogP contribution is 2.39. The van der Waals surface area contributed by atoms with E-state index in [-0.39, 0.29) is 24.6 Å². The van der Waals surface area contributed by atoms with Crippen molar-refractivity contribution in [3.63, 3.8) is 0 Å². The third kappa shape index (κ3) is 2.51. The molecule has 4 heterocycles. The Labute approximate surface area is 165 Å². The van der Waals surface area contributed by atoms with Crippen LogP contribution in [0.25, 0.3) is 0 Å². The van der Waals surface area contributed by atoms with E-state index in [1.54, 1.807) is 17.6 Å². The van der Waals surface area contributed by atoms with Crippen LogP contribution in [-0.4, -0.2) is 36.5 Å². The Bertz CT molecular complexity index is 1120. The second-order valence-electron chi connectivity index (χ2n) is 7.83. The minimum absolute atomic E-state index is 0.156. The number of nitrogens with one attached hydrogen (secondary N) is 2. The van der Waals surface area contributed by atoms with Crippen LogP contribution in [0, 0.1) is 6.92 Å². The van der Waals surface area contributed by atoms with Gasteiger partial charge in [0.2, 0.25) is 0 Å². The number of pyridine rings is 1. The molecule has 0 saturated heterocycles. The maximum Gasteiger partial charge on any atom is 0.407 e. The largest absolute Gasteiger partial charge is 0.465 e. The van der Waals surface area contributed by atoms with Gasteiger partial charge in [-0.05, 0) is 44.2 Å². The number of carbonyl (C=O) groups excluding carboxylic acids is 1. The SMILES string of the molecule is Cc1cc(Nc2ncnc3c2CN(C(=O)O)C3)c(=O)n2c1C(=O)NC21CCCC1. The van der Waals surface area contributed by atoms with E-state index in [2.05, 4.69) is 20.6 Å². The first-order valence-corrected chi connectivity index (χ1v) is 9.57. The predicted octanol–water partition coefficient (Wildman–Crippen LogP) is 1.65. The van der Waals surface area contributed by atoms with E-state index >= 15 is 0 Å². The van der Waals surface area contributed by atoms with Crippen molar-refractivity contribution < 1.29 is 14.7 Å². The van der Waals surface area contributed by atoms with Crippen LogP contribution in [0.3, 0.4) is 0 Å². The molecule has 1 fully saturated rings. The molecule has 0 unspecified atom stereocenters. The number of carboxylic acid groups (broad SMARTS) is 1. The Hall–Kier alpha value is -3.43. The zero-order chi connectivity index (χ0) is 20.3. The molecule has 5 rings (SSSR count). The molecular weight excluding hydrogens is 376 g/mol. The van der Waals surface area contributed by atoms with Crippen LogP contribution in [0.1, 0.15) is 53.0 Å². The van der Waals surface area contributed by atoms with E-state index in [1.807, 2.05) is 0 Å². The number of carbonyl (C=O) groups is 2. The fourth-order valence-corrected chi connectivity index (χ4v) is 4.71. The monoisotopic (exact) mass is 396 g/mol. The summed E-state index contributed by atoms with van der Waals surface area (Å²) in [5, 5.41) is 15.4. The number of anilines is 2. The lowest BCUT2D eigenvalue weighted by Crippen LogP contribution is -2.45. The van der Waals surface area contributed by atoms with E-state index < -0.39 is 11.8 Å². The van der Waals surface area contributed by atoms with Gasteiger partial charge in [-0.2, -0.15) is 0 Å². The molecule has 2 aliphatic heterocycles. The summed E-state index contributed by atoms with van der Waals surface area (Å²) in [7, 11) is 0. The molecule has 3 aliphatic rings. The highest BCUT2D eigenvalue weighted by atomic mass is 16.4. The van der Waals surface area contributed by atoms with Gasteiger partial charge in [0.1, 0.15) is 29.2 Å². The first kappa shape index (κ1) is 17.7. The average molecular weight is 396 g/mol. The molecule has 10 heteroatoms. The smallest absolute Gasteiger partial charge is 0.407 e. The van der Waals surface area contributed by atoms with E-state index in [0.717, 1.165) is 25.7 Å². The normalized spacial score (nSPS) is 18.7. The maximum absolute atomic E-state index is 13.4. The van der Waals surface area contributed by atoms with Gasteiger partial charge in [-0.3, -0.25) is 19.1 Å². The lowest BCUT2D eigenvalue weighted by Gasteiger charge is -2.26. The van der Waals surface area contributed by atoms with E-state index in [1.165, 1.54) is 11.2 Å². The van der Waals surface area contributed by atoms with E-state index in [0.29, 0.717) is 34.0 Å². The molecular formula is C19H20N6O4. The third-order valence-corrected chi connectivity index (χ3v) is 6.06. The molecule has 0 bridgehead atoms. The van der Waals surface area contributed by atoms with Crippen molar-refractivity contribution in [2.24, 2.45) is 0 Å². The van der Waals surface area contributed by atoms with Crippen LogP contribution in [0.5, 0.6) is 0 Å². The highest BCUT2D eigenvalue weighted by molar-refractivity contribution is 5.97. The molecule has 29 heavy (non-hydrogen) atoms. The molecule has 1 saturated carbocycles. The topological polar surface area (TPSA) is 129 Å². The zero-order valence-corrected chi connectivity index (χ0v) is 15.9. The van der Waals surface area contributed by atoms with Crippen LogP contribution in [0.4, 0.5) is 16.3 Å². The number of nitrogens with zero attached hydrogens (tertiary/aromatic N) is 4. The Morgan fingerprint density at radius 1 is 1.24 bits per heavy atom. The van der Waals surface area contributed by atoms with Crippen molar-refractivity contribution in [1.29, 1.82) is 0 Å². The molecule has 3 N–H and O–H groups in total.